The lowest BCUT2D eigenvalue weighted by Crippen LogP contribution is -2.66. The molecule has 4 heterocycles. The van der Waals surface area contributed by atoms with Crippen molar-refractivity contribution < 1.29 is 9.53 Å². The molecule has 0 radical (unpaired) electrons. The molecule has 2 aliphatic heterocycles. The molecule has 7 heteroatoms. The molecule has 1 spiro atoms. The zero-order chi connectivity index (χ0) is 17.1. The summed E-state index contributed by atoms with van der Waals surface area (Å²) in [6.07, 6.45) is 6.09. The summed E-state index contributed by atoms with van der Waals surface area (Å²) in [5.41, 5.74) is 0.999. The molecular weight excluding hydrogens is 336 g/mol. The Morgan fingerprint density at radius 2 is 2.24 bits per heavy atom. The molecule has 6 nitrogen and oxygen atoms in total. The van der Waals surface area contributed by atoms with Crippen molar-refractivity contribution in [3.8, 4) is 0 Å². The molecule has 0 aromatic carbocycles. The van der Waals surface area contributed by atoms with Crippen LogP contribution in [0.1, 0.15) is 18.4 Å². The van der Waals surface area contributed by atoms with Crippen molar-refractivity contribution in [1.82, 2.24) is 14.9 Å². The van der Waals surface area contributed by atoms with Gasteiger partial charge in [-0.2, -0.15) is 11.3 Å². The summed E-state index contributed by atoms with van der Waals surface area (Å²) in [6.45, 7) is 3.02. The number of nitrogens with one attached hydrogen (secondary N) is 1. The SMILES string of the molecule is O=C(Cc1ccsc1)N1CC2(CC[C@H](CNc3ncccn3)CO2)C1. The third-order valence-corrected chi connectivity index (χ3v) is 5.73. The molecular formula is C18H22N4O2S. The molecule has 1 N–H and O–H groups in total. The van der Waals surface area contributed by atoms with Gasteiger partial charge < -0.3 is 15.0 Å². The summed E-state index contributed by atoms with van der Waals surface area (Å²) in [7, 11) is 0. The molecule has 0 aliphatic carbocycles. The predicted octanol–water partition coefficient (Wildman–Crippen LogP) is 2.20. The van der Waals surface area contributed by atoms with E-state index in [4.69, 9.17) is 4.74 Å². The summed E-state index contributed by atoms with van der Waals surface area (Å²) < 4.78 is 6.15. The predicted molar refractivity (Wildman–Crippen MR) is 96.5 cm³/mol. The summed E-state index contributed by atoms with van der Waals surface area (Å²) in [5.74, 6) is 1.33. The van der Waals surface area contributed by atoms with Gasteiger partial charge in [0.05, 0.1) is 26.1 Å². The van der Waals surface area contributed by atoms with E-state index in [2.05, 4.69) is 15.3 Å². The third-order valence-electron chi connectivity index (χ3n) is 4.99. The van der Waals surface area contributed by atoms with E-state index in [9.17, 15) is 4.79 Å². The molecule has 2 aliphatic rings. The van der Waals surface area contributed by atoms with Gasteiger partial charge in [0.25, 0.3) is 0 Å². The summed E-state index contributed by atoms with van der Waals surface area (Å²) >= 11 is 1.63. The first kappa shape index (κ1) is 16.5. The van der Waals surface area contributed by atoms with Gasteiger partial charge in [-0.3, -0.25) is 4.79 Å². The van der Waals surface area contributed by atoms with E-state index in [1.807, 2.05) is 21.7 Å². The molecule has 2 aromatic rings. The molecule has 1 amide bonds. The van der Waals surface area contributed by atoms with Crippen molar-refractivity contribution in [3.63, 3.8) is 0 Å². The minimum atomic E-state index is -0.107. The Morgan fingerprint density at radius 1 is 1.40 bits per heavy atom. The lowest BCUT2D eigenvalue weighted by Gasteiger charge is -2.52. The van der Waals surface area contributed by atoms with Crippen LogP contribution in [-0.4, -0.2) is 52.6 Å². The minimum absolute atomic E-state index is 0.107. The van der Waals surface area contributed by atoms with E-state index in [-0.39, 0.29) is 11.5 Å². The van der Waals surface area contributed by atoms with Crippen LogP contribution in [0.25, 0.3) is 0 Å². The van der Waals surface area contributed by atoms with Gasteiger partial charge in [-0.15, -0.1) is 0 Å². The standard InChI is InChI=1S/C18H22N4O2S/c23-16(8-14-3-7-25-11-14)22-12-18(13-22)4-2-15(10-24-18)9-21-17-19-5-1-6-20-17/h1,3,5-7,11,15H,2,4,8-10,12-13H2,(H,19,20,21)/t15-/m1/s1. The van der Waals surface area contributed by atoms with Crippen LogP contribution < -0.4 is 5.32 Å². The molecule has 1 atom stereocenters. The van der Waals surface area contributed by atoms with Gasteiger partial charge in [0.2, 0.25) is 11.9 Å². The van der Waals surface area contributed by atoms with Crippen LogP contribution in [0.3, 0.4) is 0 Å². The van der Waals surface area contributed by atoms with Crippen molar-refractivity contribution in [1.29, 1.82) is 0 Å². The lowest BCUT2D eigenvalue weighted by atomic mass is 9.82. The molecule has 2 saturated heterocycles. The Balaban J connectivity index is 1.20. The minimum Gasteiger partial charge on any atom is -0.371 e. The lowest BCUT2D eigenvalue weighted by molar-refractivity contribution is -0.187. The number of hydrogen-bond acceptors (Lipinski definition) is 6. The van der Waals surface area contributed by atoms with Gasteiger partial charge in [0.15, 0.2) is 0 Å². The summed E-state index contributed by atoms with van der Waals surface area (Å²) in [5, 5.41) is 7.32. The van der Waals surface area contributed by atoms with E-state index >= 15 is 0 Å². The normalized spacial score (nSPS) is 21.8. The van der Waals surface area contributed by atoms with Crippen LogP contribution in [0.4, 0.5) is 5.95 Å². The summed E-state index contributed by atoms with van der Waals surface area (Å²) in [4.78, 5) is 22.6. The molecule has 0 unspecified atom stereocenters. The first-order chi connectivity index (χ1) is 12.2. The van der Waals surface area contributed by atoms with E-state index in [0.717, 1.165) is 44.6 Å². The molecule has 25 heavy (non-hydrogen) atoms. The van der Waals surface area contributed by atoms with Gasteiger partial charge in [-0.25, -0.2) is 9.97 Å². The highest BCUT2D eigenvalue weighted by molar-refractivity contribution is 7.08. The number of nitrogens with zero attached hydrogens (tertiary/aromatic N) is 3. The maximum Gasteiger partial charge on any atom is 0.227 e. The number of ether oxygens (including phenoxy) is 1. The second-order valence-electron chi connectivity index (χ2n) is 6.91. The van der Waals surface area contributed by atoms with Crippen LogP contribution in [0.15, 0.2) is 35.3 Å². The Kier molecular flexibility index (Phi) is 4.67. The molecule has 2 fully saturated rings. The molecule has 2 aromatic heterocycles. The first-order valence-corrected chi connectivity index (χ1v) is 9.60. The average Bonchev–Trinajstić information content (AvgIpc) is 3.12. The van der Waals surface area contributed by atoms with E-state index in [1.165, 1.54) is 0 Å². The van der Waals surface area contributed by atoms with Crippen molar-refractivity contribution in [2.24, 2.45) is 5.92 Å². The van der Waals surface area contributed by atoms with Crippen LogP contribution in [-0.2, 0) is 16.0 Å². The molecule has 132 valence electrons. The highest BCUT2D eigenvalue weighted by atomic mass is 32.1. The average molecular weight is 358 g/mol. The number of hydrogen-bond donors (Lipinski definition) is 1. The monoisotopic (exact) mass is 358 g/mol. The number of anilines is 1. The topological polar surface area (TPSA) is 67.4 Å². The van der Waals surface area contributed by atoms with Gasteiger partial charge in [0, 0.05) is 18.9 Å². The number of carbonyl (C=O) groups excluding carboxylic acids is 1. The Labute approximate surface area is 151 Å². The van der Waals surface area contributed by atoms with Crippen LogP contribution in [0.5, 0.6) is 0 Å². The van der Waals surface area contributed by atoms with Gasteiger partial charge in [0.1, 0.15) is 5.60 Å². The molecule has 0 bridgehead atoms. The number of rotatable bonds is 5. The second-order valence-corrected chi connectivity index (χ2v) is 7.69. The van der Waals surface area contributed by atoms with Crippen LogP contribution in [0, 0.1) is 5.92 Å². The third kappa shape index (κ3) is 3.82. The van der Waals surface area contributed by atoms with E-state index in [1.54, 1.807) is 29.8 Å². The number of carbonyl (C=O) groups is 1. The smallest absolute Gasteiger partial charge is 0.227 e. The van der Waals surface area contributed by atoms with Gasteiger partial charge >= 0.3 is 0 Å². The maximum absolute atomic E-state index is 12.3. The van der Waals surface area contributed by atoms with Crippen LogP contribution >= 0.6 is 11.3 Å². The van der Waals surface area contributed by atoms with Crippen LogP contribution in [0.2, 0.25) is 0 Å². The zero-order valence-corrected chi connectivity index (χ0v) is 14.9. The van der Waals surface area contributed by atoms with Gasteiger partial charge in [-0.05, 0) is 47.2 Å². The second kappa shape index (κ2) is 7.09. The first-order valence-electron chi connectivity index (χ1n) is 8.66. The summed E-state index contributed by atoms with van der Waals surface area (Å²) in [6, 6.07) is 3.82. The zero-order valence-electron chi connectivity index (χ0n) is 14.1. The molecule has 4 rings (SSSR count). The van der Waals surface area contributed by atoms with Crippen molar-refractivity contribution in [2.75, 3.05) is 31.6 Å². The van der Waals surface area contributed by atoms with Crippen molar-refractivity contribution in [3.05, 3.63) is 40.8 Å². The van der Waals surface area contributed by atoms with Gasteiger partial charge in [-0.1, -0.05) is 0 Å². The highest BCUT2D eigenvalue weighted by Gasteiger charge is 2.48. The van der Waals surface area contributed by atoms with Crippen molar-refractivity contribution in [2.45, 2.75) is 24.9 Å². The quantitative estimate of drug-likeness (QED) is 0.887. The molecule has 0 saturated carbocycles. The Morgan fingerprint density at radius 3 is 2.92 bits per heavy atom. The highest BCUT2D eigenvalue weighted by Crippen LogP contribution is 2.36. The fourth-order valence-corrected chi connectivity index (χ4v) is 4.13. The van der Waals surface area contributed by atoms with Crippen molar-refractivity contribution >= 4 is 23.2 Å². The maximum atomic E-state index is 12.3. The fourth-order valence-electron chi connectivity index (χ4n) is 3.46. The Hall–Kier alpha value is -1.99. The van der Waals surface area contributed by atoms with E-state index in [0.29, 0.717) is 18.3 Å². The van der Waals surface area contributed by atoms with E-state index < -0.39 is 0 Å². The Bertz CT molecular complexity index is 691. The number of likely N-dealkylation sites (tertiary alicyclic amines) is 1. The fraction of sp³-hybridized carbons (Fsp3) is 0.500. The number of aromatic nitrogens is 2. The number of amides is 1. The number of thiophene rings is 1. The largest absolute Gasteiger partial charge is 0.371 e.